The summed E-state index contributed by atoms with van der Waals surface area (Å²) in [4.78, 5) is 38.7. The summed E-state index contributed by atoms with van der Waals surface area (Å²) in [6, 6.07) is 20.1. The lowest BCUT2D eigenvalue weighted by atomic mass is 9.80. The molecule has 35 heavy (non-hydrogen) atoms. The Balaban J connectivity index is 1.34. The number of nitrogens with zero attached hydrogens (tertiary/aromatic N) is 1. The van der Waals surface area contributed by atoms with E-state index in [2.05, 4.69) is 10.7 Å². The number of benzene rings is 3. The summed E-state index contributed by atoms with van der Waals surface area (Å²) in [5, 5.41) is 4.88. The molecule has 1 saturated heterocycles. The summed E-state index contributed by atoms with van der Waals surface area (Å²) < 4.78 is 0. The van der Waals surface area contributed by atoms with E-state index in [9.17, 15) is 14.4 Å². The minimum atomic E-state index is -0.383. The van der Waals surface area contributed by atoms with Crippen molar-refractivity contribution in [3.8, 4) is 11.1 Å². The van der Waals surface area contributed by atoms with E-state index in [1.807, 2.05) is 61.5 Å². The Morgan fingerprint density at radius 1 is 0.943 bits per heavy atom. The standard InChI is InChI=1S/C28H24ClN3O3/c1-17-14-19(18-6-4-8-21(29)15-18)12-13-25(17)30-26(33)20-7-5-9-22(16-20)32-28(35)24-11-3-2-10-23(24)27(34)31-32/h2-9,12-16,23-24H,10-11H2,1H3,(H,30,33)(H,31,34). The maximum Gasteiger partial charge on any atom is 0.255 e. The molecule has 1 aliphatic carbocycles. The summed E-state index contributed by atoms with van der Waals surface area (Å²) >= 11 is 6.11. The normalized spacial score (nSPS) is 19.2. The van der Waals surface area contributed by atoms with Crippen molar-refractivity contribution < 1.29 is 14.4 Å². The van der Waals surface area contributed by atoms with Gasteiger partial charge in [0.05, 0.1) is 17.5 Å². The van der Waals surface area contributed by atoms with Gasteiger partial charge in [-0.3, -0.25) is 19.8 Å². The number of rotatable bonds is 4. The average molecular weight is 486 g/mol. The summed E-state index contributed by atoms with van der Waals surface area (Å²) in [5.41, 5.74) is 7.13. The zero-order valence-electron chi connectivity index (χ0n) is 19.1. The van der Waals surface area contributed by atoms with Gasteiger partial charge in [0.15, 0.2) is 0 Å². The third kappa shape index (κ3) is 4.57. The van der Waals surface area contributed by atoms with Gasteiger partial charge in [-0.1, -0.05) is 48.0 Å². The van der Waals surface area contributed by atoms with Gasteiger partial charge >= 0.3 is 0 Å². The number of carbonyl (C=O) groups excluding carboxylic acids is 3. The Morgan fingerprint density at radius 3 is 2.46 bits per heavy atom. The largest absolute Gasteiger partial charge is 0.322 e. The predicted octanol–water partition coefficient (Wildman–Crippen LogP) is 5.53. The summed E-state index contributed by atoms with van der Waals surface area (Å²) in [5.74, 6) is -1.37. The maximum atomic E-state index is 13.1. The lowest BCUT2D eigenvalue weighted by molar-refractivity contribution is -0.139. The number of carbonyl (C=O) groups is 3. The van der Waals surface area contributed by atoms with Gasteiger partial charge < -0.3 is 5.32 Å². The molecule has 3 amide bonds. The first-order valence-corrected chi connectivity index (χ1v) is 11.9. The van der Waals surface area contributed by atoms with Crippen molar-refractivity contribution in [2.24, 2.45) is 11.8 Å². The first kappa shape index (κ1) is 22.9. The Labute approximate surface area is 208 Å². The SMILES string of the molecule is Cc1cc(-c2cccc(Cl)c2)ccc1NC(=O)c1cccc(N2NC(=O)C3CC=CCC3C2=O)c1. The molecule has 2 N–H and O–H groups in total. The van der Waals surface area contributed by atoms with E-state index < -0.39 is 0 Å². The molecule has 3 aromatic rings. The molecule has 1 heterocycles. The zero-order valence-corrected chi connectivity index (χ0v) is 19.9. The monoisotopic (exact) mass is 485 g/mol. The smallest absolute Gasteiger partial charge is 0.255 e. The second-order valence-corrected chi connectivity index (χ2v) is 9.29. The van der Waals surface area contributed by atoms with Crippen LogP contribution < -0.4 is 15.8 Å². The molecule has 0 bridgehead atoms. The highest BCUT2D eigenvalue weighted by atomic mass is 35.5. The molecule has 2 aliphatic rings. The van der Waals surface area contributed by atoms with E-state index in [0.29, 0.717) is 34.8 Å². The van der Waals surface area contributed by atoms with Gasteiger partial charge in [0.1, 0.15) is 0 Å². The van der Waals surface area contributed by atoms with Crippen molar-refractivity contribution in [2.45, 2.75) is 19.8 Å². The number of halogens is 1. The summed E-state index contributed by atoms with van der Waals surface area (Å²) in [6.45, 7) is 1.93. The van der Waals surface area contributed by atoms with E-state index in [1.165, 1.54) is 5.01 Å². The number of hydrogen-bond donors (Lipinski definition) is 2. The van der Waals surface area contributed by atoms with Crippen LogP contribution in [0.1, 0.15) is 28.8 Å². The van der Waals surface area contributed by atoms with Crippen LogP contribution in [0.2, 0.25) is 5.02 Å². The molecule has 1 fully saturated rings. The molecule has 0 saturated carbocycles. The highest BCUT2D eigenvalue weighted by Crippen LogP contribution is 2.33. The number of hydrazine groups is 1. The van der Waals surface area contributed by atoms with Crippen LogP contribution in [-0.2, 0) is 9.59 Å². The van der Waals surface area contributed by atoms with Crippen LogP contribution in [0, 0.1) is 18.8 Å². The number of amides is 3. The highest BCUT2D eigenvalue weighted by molar-refractivity contribution is 6.30. The Kier molecular flexibility index (Phi) is 6.14. The number of hydrogen-bond acceptors (Lipinski definition) is 3. The lowest BCUT2D eigenvalue weighted by Crippen LogP contribution is -2.59. The topological polar surface area (TPSA) is 78.5 Å². The van der Waals surface area contributed by atoms with Crippen LogP contribution in [-0.4, -0.2) is 17.7 Å². The second-order valence-electron chi connectivity index (χ2n) is 8.85. The van der Waals surface area contributed by atoms with Crippen molar-refractivity contribution >= 4 is 40.7 Å². The van der Waals surface area contributed by atoms with Gasteiger partial charge in [0.2, 0.25) is 11.8 Å². The fourth-order valence-corrected chi connectivity index (χ4v) is 4.81. The fourth-order valence-electron chi connectivity index (χ4n) is 4.61. The summed E-state index contributed by atoms with van der Waals surface area (Å²) in [7, 11) is 0. The maximum absolute atomic E-state index is 13.1. The third-order valence-corrected chi connectivity index (χ3v) is 6.76. The number of allylic oxidation sites excluding steroid dienone is 2. The Bertz CT molecular complexity index is 1370. The molecular weight excluding hydrogens is 462 g/mol. The molecule has 3 aromatic carbocycles. The minimum absolute atomic E-state index is 0.163. The molecule has 7 heteroatoms. The van der Waals surface area contributed by atoms with Gasteiger partial charge in [-0.15, -0.1) is 0 Å². The van der Waals surface area contributed by atoms with E-state index in [0.717, 1.165) is 16.7 Å². The Morgan fingerprint density at radius 2 is 1.69 bits per heavy atom. The van der Waals surface area contributed by atoms with E-state index in [1.54, 1.807) is 24.3 Å². The van der Waals surface area contributed by atoms with Crippen LogP contribution in [0.5, 0.6) is 0 Å². The van der Waals surface area contributed by atoms with Crippen LogP contribution in [0.3, 0.4) is 0 Å². The average Bonchev–Trinajstić information content (AvgIpc) is 2.87. The predicted molar refractivity (Wildman–Crippen MR) is 137 cm³/mol. The van der Waals surface area contributed by atoms with Crippen LogP contribution in [0.15, 0.2) is 78.9 Å². The molecule has 2 atom stereocenters. The van der Waals surface area contributed by atoms with Crippen molar-refractivity contribution in [1.29, 1.82) is 0 Å². The van der Waals surface area contributed by atoms with Gasteiger partial charge in [-0.05, 0) is 78.9 Å². The summed E-state index contributed by atoms with van der Waals surface area (Å²) in [6.07, 6.45) is 4.99. The quantitative estimate of drug-likeness (QED) is 0.477. The van der Waals surface area contributed by atoms with Gasteiger partial charge in [0.25, 0.3) is 5.91 Å². The molecule has 176 valence electrons. The van der Waals surface area contributed by atoms with E-state index in [4.69, 9.17) is 11.6 Å². The second kappa shape index (κ2) is 9.39. The van der Waals surface area contributed by atoms with E-state index in [-0.39, 0.29) is 29.6 Å². The number of anilines is 2. The fraction of sp³-hybridized carbons (Fsp3) is 0.179. The van der Waals surface area contributed by atoms with Gasteiger partial charge in [-0.25, -0.2) is 5.01 Å². The molecular formula is C28H24ClN3O3. The van der Waals surface area contributed by atoms with Crippen LogP contribution in [0.25, 0.3) is 11.1 Å². The van der Waals surface area contributed by atoms with Crippen molar-refractivity contribution in [3.05, 3.63) is 95.0 Å². The molecule has 0 radical (unpaired) electrons. The molecule has 2 unspecified atom stereocenters. The van der Waals surface area contributed by atoms with Crippen LogP contribution >= 0.6 is 11.6 Å². The lowest BCUT2D eigenvalue weighted by Gasteiger charge is -2.38. The first-order valence-electron chi connectivity index (χ1n) is 11.5. The first-order chi connectivity index (χ1) is 16.9. The van der Waals surface area contributed by atoms with Crippen molar-refractivity contribution in [2.75, 3.05) is 10.3 Å². The molecule has 0 aromatic heterocycles. The minimum Gasteiger partial charge on any atom is -0.322 e. The van der Waals surface area contributed by atoms with Gasteiger partial charge in [-0.2, -0.15) is 0 Å². The van der Waals surface area contributed by atoms with Crippen molar-refractivity contribution in [1.82, 2.24) is 5.43 Å². The molecule has 1 aliphatic heterocycles. The Hall–Kier alpha value is -3.90. The molecule has 5 rings (SSSR count). The zero-order chi connectivity index (χ0) is 24.5. The molecule has 6 nitrogen and oxygen atoms in total. The number of aryl methyl sites for hydroxylation is 1. The number of fused-ring (bicyclic) bond motifs is 1. The van der Waals surface area contributed by atoms with Crippen molar-refractivity contribution in [3.63, 3.8) is 0 Å². The van der Waals surface area contributed by atoms with Crippen LogP contribution in [0.4, 0.5) is 11.4 Å². The van der Waals surface area contributed by atoms with E-state index >= 15 is 0 Å². The highest BCUT2D eigenvalue weighted by Gasteiger charge is 2.42. The molecule has 0 spiro atoms. The third-order valence-electron chi connectivity index (χ3n) is 6.53. The van der Waals surface area contributed by atoms with Gasteiger partial charge in [0, 0.05) is 16.3 Å². The number of nitrogens with one attached hydrogen (secondary N) is 2.